The lowest BCUT2D eigenvalue weighted by molar-refractivity contribution is 0.0883. The molecule has 0 spiro atoms. The molecule has 0 atom stereocenters. The number of allylic oxidation sites excluding steroid dienone is 1. The standard InChI is InChI=1S/C16H14O/c1-16(2)8-7-13-9-11-5-3-4-6-12(11)10-14(13)15(16)17/h3-10H,1-2H3. The number of rotatable bonds is 0. The van der Waals surface area contributed by atoms with E-state index in [1.165, 1.54) is 5.39 Å². The summed E-state index contributed by atoms with van der Waals surface area (Å²) in [5.74, 6) is 0.209. The summed E-state index contributed by atoms with van der Waals surface area (Å²) in [6.45, 7) is 3.92. The number of hydrogen-bond acceptors (Lipinski definition) is 1. The average molecular weight is 222 g/mol. The van der Waals surface area contributed by atoms with Gasteiger partial charge in [0, 0.05) is 11.0 Å². The predicted octanol–water partition coefficient (Wildman–Crippen LogP) is 4.08. The smallest absolute Gasteiger partial charge is 0.172 e. The molecule has 1 heteroatoms. The van der Waals surface area contributed by atoms with E-state index < -0.39 is 0 Å². The summed E-state index contributed by atoms with van der Waals surface area (Å²) in [4.78, 5) is 12.3. The van der Waals surface area contributed by atoms with E-state index in [1.54, 1.807) is 0 Å². The predicted molar refractivity (Wildman–Crippen MR) is 71.1 cm³/mol. The normalized spacial score (nSPS) is 17.2. The molecule has 0 aliphatic heterocycles. The van der Waals surface area contributed by atoms with Gasteiger partial charge in [-0.1, -0.05) is 36.4 Å². The number of fused-ring (bicyclic) bond motifs is 2. The van der Waals surface area contributed by atoms with Gasteiger partial charge in [0.25, 0.3) is 0 Å². The second-order valence-corrected chi connectivity index (χ2v) is 5.17. The van der Waals surface area contributed by atoms with Crippen LogP contribution in [-0.2, 0) is 0 Å². The van der Waals surface area contributed by atoms with Crippen molar-refractivity contribution in [2.24, 2.45) is 5.41 Å². The summed E-state index contributed by atoms with van der Waals surface area (Å²) in [6.07, 6.45) is 4.05. The van der Waals surface area contributed by atoms with Crippen LogP contribution in [0, 0.1) is 5.41 Å². The fourth-order valence-electron chi connectivity index (χ4n) is 2.31. The average Bonchev–Trinajstić information content (AvgIpc) is 2.33. The summed E-state index contributed by atoms with van der Waals surface area (Å²) in [6, 6.07) is 12.3. The molecule has 0 unspecified atom stereocenters. The van der Waals surface area contributed by atoms with Gasteiger partial charge in [-0.2, -0.15) is 0 Å². The van der Waals surface area contributed by atoms with Crippen LogP contribution in [-0.4, -0.2) is 5.78 Å². The summed E-state index contributed by atoms with van der Waals surface area (Å²) >= 11 is 0. The van der Waals surface area contributed by atoms with Gasteiger partial charge >= 0.3 is 0 Å². The van der Waals surface area contributed by atoms with Crippen molar-refractivity contribution >= 4 is 22.6 Å². The molecule has 3 rings (SSSR count). The number of ketones is 1. The molecular weight excluding hydrogens is 208 g/mol. The minimum absolute atomic E-state index is 0.209. The van der Waals surface area contributed by atoms with Gasteiger partial charge in [-0.25, -0.2) is 0 Å². The molecule has 0 bridgehead atoms. The van der Waals surface area contributed by atoms with Crippen LogP contribution in [0.1, 0.15) is 29.8 Å². The molecule has 0 fully saturated rings. The highest BCUT2D eigenvalue weighted by Gasteiger charge is 2.30. The van der Waals surface area contributed by atoms with E-state index in [9.17, 15) is 4.79 Å². The Morgan fingerprint density at radius 1 is 1.00 bits per heavy atom. The van der Waals surface area contributed by atoms with Crippen LogP contribution in [0.2, 0.25) is 0 Å². The third kappa shape index (κ3) is 1.50. The van der Waals surface area contributed by atoms with Crippen molar-refractivity contribution < 1.29 is 4.79 Å². The van der Waals surface area contributed by atoms with Crippen LogP contribution >= 0.6 is 0 Å². The maximum Gasteiger partial charge on any atom is 0.172 e. The summed E-state index contributed by atoms with van der Waals surface area (Å²) in [7, 11) is 0. The number of carbonyl (C=O) groups is 1. The minimum atomic E-state index is -0.380. The van der Waals surface area contributed by atoms with Crippen LogP contribution < -0.4 is 0 Å². The fraction of sp³-hybridized carbons (Fsp3) is 0.188. The molecule has 1 aliphatic rings. The van der Waals surface area contributed by atoms with Crippen molar-refractivity contribution in [2.75, 3.05) is 0 Å². The van der Waals surface area contributed by atoms with Gasteiger partial charge in [0.05, 0.1) is 0 Å². The second-order valence-electron chi connectivity index (χ2n) is 5.17. The van der Waals surface area contributed by atoms with E-state index in [-0.39, 0.29) is 11.2 Å². The highest BCUT2D eigenvalue weighted by molar-refractivity contribution is 6.09. The minimum Gasteiger partial charge on any atom is -0.293 e. The molecule has 84 valence electrons. The van der Waals surface area contributed by atoms with Crippen molar-refractivity contribution in [1.82, 2.24) is 0 Å². The molecule has 0 heterocycles. The lowest BCUT2D eigenvalue weighted by Crippen LogP contribution is -2.25. The zero-order valence-corrected chi connectivity index (χ0v) is 10.0. The maximum atomic E-state index is 12.3. The van der Waals surface area contributed by atoms with E-state index in [2.05, 4.69) is 18.2 Å². The topological polar surface area (TPSA) is 17.1 Å². The number of hydrogen-bond donors (Lipinski definition) is 0. The molecule has 2 aromatic rings. The molecule has 1 nitrogen and oxygen atoms in total. The first-order valence-electron chi connectivity index (χ1n) is 5.85. The third-order valence-electron chi connectivity index (χ3n) is 3.43. The second kappa shape index (κ2) is 3.30. The van der Waals surface area contributed by atoms with Crippen LogP contribution in [0.3, 0.4) is 0 Å². The van der Waals surface area contributed by atoms with Gasteiger partial charge in [-0.15, -0.1) is 0 Å². The number of benzene rings is 2. The lowest BCUT2D eigenvalue weighted by Gasteiger charge is -2.24. The van der Waals surface area contributed by atoms with Crippen LogP contribution in [0.5, 0.6) is 0 Å². The van der Waals surface area contributed by atoms with E-state index in [0.29, 0.717) is 0 Å². The van der Waals surface area contributed by atoms with Crippen LogP contribution in [0.15, 0.2) is 42.5 Å². The Kier molecular flexibility index (Phi) is 1.99. The summed E-state index contributed by atoms with van der Waals surface area (Å²) in [5, 5.41) is 2.31. The molecule has 0 saturated heterocycles. The first-order valence-corrected chi connectivity index (χ1v) is 5.85. The van der Waals surface area contributed by atoms with E-state index in [0.717, 1.165) is 16.5 Å². The molecule has 0 N–H and O–H groups in total. The van der Waals surface area contributed by atoms with Crippen molar-refractivity contribution in [3.63, 3.8) is 0 Å². The monoisotopic (exact) mass is 222 g/mol. The first-order chi connectivity index (χ1) is 8.08. The quantitative estimate of drug-likeness (QED) is 0.656. The number of carbonyl (C=O) groups excluding carboxylic acids is 1. The van der Waals surface area contributed by atoms with Crippen molar-refractivity contribution in [1.29, 1.82) is 0 Å². The molecule has 0 radical (unpaired) electrons. The molecule has 0 amide bonds. The molecule has 0 saturated carbocycles. The Bertz CT molecular complexity index is 648. The first kappa shape index (κ1) is 10.3. The zero-order chi connectivity index (χ0) is 12.0. The Labute approximate surface area is 101 Å². The van der Waals surface area contributed by atoms with E-state index in [1.807, 2.05) is 44.2 Å². The van der Waals surface area contributed by atoms with Crippen molar-refractivity contribution in [3.8, 4) is 0 Å². The van der Waals surface area contributed by atoms with Crippen molar-refractivity contribution in [3.05, 3.63) is 53.6 Å². The van der Waals surface area contributed by atoms with E-state index >= 15 is 0 Å². The van der Waals surface area contributed by atoms with Crippen molar-refractivity contribution in [2.45, 2.75) is 13.8 Å². The fourth-order valence-corrected chi connectivity index (χ4v) is 2.31. The van der Waals surface area contributed by atoms with Crippen LogP contribution in [0.25, 0.3) is 16.8 Å². The molecule has 2 aromatic carbocycles. The molecule has 17 heavy (non-hydrogen) atoms. The largest absolute Gasteiger partial charge is 0.293 e. The zero-order valence-electron chi connectivity index (χ0n) is 10.0. The molecular formula is C16H14O. The SMILES string of the molecule is CC1(C)C=Cc2cc3ccccc3cc2C1=O. The van der Waals surface area contributed by atoms with Gasteiger partial charge < -0.3 is 0 Å². The Balaban J connectivity index is 2.32. The maximum absolute atomic E-state index is 12.3. The van der Waals surface area contributed by atoms with Gasteiger partial charge in [0.2, 0.25) is 0 Å². The summed E-state index contributed by atoms with van der Waals surface area (Å²) in [5.41, 5.74) is 1.50. The van der Waals surface area contributed by atoms with Crippen LogP contribution in [0.4, 0.5) is 0 Å². The highest BCUT2D eigenvalue weighted by atomic mass is 16.1. The molecule has 0 aromatic heterocycles. The Morgan fingerprint density at radius 2 is 1.65 bits per heavy atom. The third-order valence-corrected chi connectivity index (χ3v) is 3.43. The van der Waals surface area contributed by atoms with E-state index in [4.69, 9.17) is 0 Å². The number of Topliss-reactive ketones (excluding diaryl/α,β-unsaturated/α-hetero) is 1. The Hall–Kier alpha value is -1.89. The van der Waals surface area contributed by atoms with Gasteiger partial charge in [0.1, 0.15) is 0 Å². The summed E-state index contributed by atoms with van der Waals surface area (Å²) < 4.78 is 0. The Morgan fingerprint density at radius 3 is 2.35 bits per heavy atom. The van der Waals surface area contributed by atoms with Gasteiger partial charge in [-0.05, 0) is 42.3 Å². The van der Waals surface area contributed by atoms with Gasteiger partial charge in [-0.3, -0.25) is 4.79 Å². The van der Waals surface area contributed by atoms with Gasteiger partial charge in [0.15, 0.2) is 5.78 Å². The lowest BCUT2D eigenvalue weighted by atomic mass is 9.77. The molecule has 1 aliphatic carbocycles. The highest BCUT2D eigenvalue weighted by Crippen LogP contribution is 2.33.